The van der Waals surface area contributed by atoms with Crippen LogP contribution in [0.2, 0.25) is 0 Å². The van der Waals surface area contributed by atoms with Crippen LogP contribution in [0.15, 0.2) is 24.3 Å². The van der Waals surface area contributed by atoms with E-state index in [0.29, 0.717) is 13.2 Å². The van der Waals surface area contributed by atoms with E-state index in [-0.39, 0.29) is 0 Å². The van der Waals surface area contributed by atoms with Gasteiger partial charge in [0.1, 0.15) is 0 Å². The number of fused-ring (bicyclic) bond motifs is 1. The van der Waals surface area contributed by atoms with Crippen LogP contribution in [-0.2, 0) is 4.74 Å². The second-order valence-electron chi connectivity index (χ2n) is 3.94. The standard InChI is InChI=1S/C12H12N4O/c13-9-16-11-4-2-1-3-10(11)14-12(16)15-5-7-17-8-6-15/h1-4H,5-8H2. The Balaban J connectivity index is 2.12. The fourth-order valence-electron chi connectivity index (χ4n) is 2.09. The maximum absolute atomic E-state index is 9.25. The van der Waals surface area contributed by atoms with Crippen molar-refractivity contribution in [3.8, 4) is 6.19 Å². The van der Waals surface area contributed by atoms with Crippen LogP contribution in [0.3, 0.4) is 0 Å². The molecule has 5 heteroatoms. The van der Waals surface area contributed by atoms with Crippen LogP contribution in [0.25, 0.3) is 11.0 Å². The first-order valence-electron chi connectivity index (χ1n) is 5.60. The molecule has 1 aliphatic rings. The average Bonchev–Trinajstić information content (AvgIpc) is 2.78. The number of anilines is 1. The molecule has 2 aromatic rings. The number of hydrogen-bond acceptors (Lipinski definition) is 4. The van der Waals surface area contributed by atoms with Crippen molar-refractivity contribution in [2.24, 2.45) is 0 Å². The van der Waals surface area contributed by atoms with Gasteiger partial charge in [-0.05, 0) is 12.1 Å². The monoisotopic (exact) mass is 228 g/mol. The van der Waals surface area contributed by atoms with Gasteiger partial charge < -0.3 is 9.64 Å². The normalized spacial score (nSPS) is 16.1. The second-order valence-corrected chi connectivity index (χ2v) is 3.94. The Morgan fingerprint density at radius 1 is 1.24 bits per heavy atom. The van der Waals surface area contributed by atoms with Gasteiger partial charge in [-0.1, -0.05) is 12.1 Å². The first kappa shape index (κ1) is 10.1. The maximum Gasteiger partial charge on any atom is 0.220 e. The molecule has 1 aromatic heterocycles. The molecular weight excluding hydrogens is 216 g/mol. The molecule has 5 nitrogen and oxygen atoms in total. The maximum atomic E-state index is 9.25. The highest BCUT2D eigenvalue weighted by molar-refractivity contribution is 5.79. The van der Waals surface area contributed by atoms with E-state index in [1.54, 1.807) is 4.57 Å². The van der Waals surface area contributed by atoms with Gasteiger partial charge in [0.2, 0.25) is 5.95 Å². The second kappa shape index (κ2) is 4.07. The summed E-state index contributed by atoms with van der Waals surface area (Å²) in [4.78, 5) is 6.61. The van der Waals surface area contributed by atoms with E-state index in [2.05, 4.69) is 16.1 Å². The Kier molecular flexibility index (Phi) is 2.42. The van der Waals surface area contributed by atoms with Crippen molar-refractivity contribution in [3.05, 3.63) is 24.3 Å². The third kappa shape index (κ3) is 1.63. The van der Waals surface area contributed by atoms with Crippen LogP contribution in [0.5, 0.6) is 0 Å². The minimum Gasteiger partial charge on any atom is -0.378 e. The molecule has 1 aromatic carbocycles. The van der Waals surface area contributed by atoms with Gasteiger partial charge in [0.15, 0.2) is 6.19 Å². The Hall–Kier alpha value is -2.06. The van der Waals surface area contributed by atoms with Gasteiger partial charge in [-0.15, -0.1) is 0 Å². The number of rotatable bonds is 1. The number of benzene rings is 1. The number of aromatic nitrogens is 2. The van der Waals surface area contributed by atoms with Crippen molar-refractivity contribution >= 4 is 17.0 Å². The molecular formula is C12H12N4O. The van der Waals surface area contributed by atoms with Crippen LogP contribution < -0.4 is 4.90 Å². The zero-order chi connectivity index (χ0) is 11.7. The highest BCUT2D eigenvalue weighted by atomic mass is 16.5. The number of morpholine rings is 1. The summed E-state index contributed by atoms with van der Waals surface area (Å²) in [5, 5.41) is 9.25. The number of ether oxygens (including phenoxy) is 1. The van der Waals surface area contributed by atoms with Gasteiger partial charge in [-0.3, -0.25) is 0 Å². The Morgan fingerprint density at radius 3 is 2.76 bits per heavy atom. The first-order valence-corrected chi connectivity index (χ1v) is 5.60. The summed E-state index contributed by atoms with van der Waals surface area (Å²) in [5.41, 5.74) is 1.71. The number of nitrogens with zero attached hydrogens (tertiary/aromatic N) is 4. The predicted octanol–water partition coefficient (Wildman–Crippen LogP) is 1.20. The van der Waals surface area contributed by atoms with Crippen molar-refractivity contribution in [2.45, 2.75) is 0 Å². The molecule has 0 saturated carbocycles. The number of nitriles is 1. The lowest BCUT2D eigenvalue weighted by Crippen LogP contribution is -2.37. The SMILES string of the molecule is N#Cn1c(N2CCOCC2)nc2ccccc21. The van der Waals surface area contributed by atoms with Crippen LogP contribution in [0, 0.1) is 11.5 Å². The van der Waals surface area contributed by atoms with Crippen LogP contribution in [0.4, 0.5) is 5.95 Å². The van der Waals surface area contributed by atoms with Gasteiger partial charge in [-0.2, -0.15) is 5.26 Å². The molecule has 3 rings (SSSR count). The summed E-state index contributed by atoms with van der Waals surface area (Å²) in [6, 6.07) is 7.68. The molecule has 0 amide bonds. The third-order valence-corrected chi connectivity index (χ3v) is 2.94. The Morgan fingerprint density at radius 2 is 2.00 bits per heavy atom. The predicted molar refractivity (Wildman–Crippen MR) is 63.8 cm³/mol. The van der Waals surface area contributed by atoms with Crippen LogP contribution in [0.1, 0.15) is 0 Å². The number of hydrogen-bond donors (Lipinski definition) is 0. The summed E-state index contributed by atoms with van der Waals surface area (Å²) in [6.07, 6.45) is 2.19. The molecule has 0 radical (unpaired) electrons. The van der Waals surface area contributed by atoms with E-state index in [1.165, 1.54) is 0 Å². The van der Waals surface area contributed by atoms with Crippen LogP contribution in [-0.4, -0.2) is 35.9 Å². The lowest BCUT2D eigenvalue weighted by molar-refractivity contribution is 0.122. The molecule has 0 atom stereocenters. The summed E-state index contributed by atoms with van der Waals surface area (Å²) in [7, 11) is 0. The van der Waals surface area contributed by atoms with Crippen LogP contribution >= 0.6 is 0 Å². The van der Waals surface area contributed by atoms with Gasteiger partial charge in [0.25, 0.3) is 0 Å². The number of para-hydroxylation sites is 2. The molecule has 0 unspecified atom stereocenters. The minimum absolute atomic E-state index is 0.689. The molecule has 1 aliphatic heterocycles. The van der Waals surface area contributed by atoms with Crippen molar-refractivity contribution in [3.63, 3.8) is 0 Å². The van der Waals surface area contributed by atoms with Crippen molar-refractivity contribution in [2.75, 3.05) is 31.2 Å². The highest BCUT2D eigenvalue weighted by Gasteiger charge is 2.18. The van der Waals surface area contributed by atoms with E-state index < -0.39 is 0 Å². The lowest BCUT2D eigenvalue weighted by Gasteiger charge is -2.26. The fourth-order valence-corrected chi connectivity index (χ4v) is 2.09. The molecule has 1 fully saturated rings. The van der Waals surface area contributed by atoms with E-state index in [4.69, 9.17) is 4.74 Å². The smallest absolute Gasteiger partial charge is 0.220 e. The molecule has 0 bridgehead atoms. The van der Waals surface area contributed by atoms with E-state index >= 15 is 0 Å². The van der Waals surface area contributed by atoms with Gasteiger partial charge in [0, 0.05) is 13.1 Å². The van der Waals surface area contributed by atoms with Gasteiger partial charge in [-0.25, -0.2) is 9.55 Å². The van der Waals surface area contributed by atoms with Gasteiger partial charge >= 0.3 is 0 Å². The Labute approximate surface area is 98.8 Å². The quantitative estimate of drug-likeness (QED) is 0.736. The van der Waals surface area contributed by atoms with Crippen molar-refractivity contribution in [1.82, 2.24) is 9.55 Å². The van der Waals surface area contributed by atoms with Crippen molar-refractivity contribution < 1.29 is 4.74 Å². The summed E-state index contributed by atoms with van der Waals surface area (Å²) in [5.74, 6) is 0.719. The number of imidazole rings is 1. The highest BCUT2D eigenvalue weighted by Crippen LogP contribution is 2.22. The third-order valence-electron chi connectivity index (χ3n) is 2.94. The molecule has 0 aliphatic carbocycles. The van der Waals surface area contributed by atoms with Crippen molar-refractivity contribution in [1.29, 1.82) is 5.26 Å². The summed E-state index contributed by atoms with van der Waals surface area (Å²) in [6.45, 7) is 2.94. The molecule has 86 valence electrons. The van der Waals surface area contributed by atoms with E-state index in [9.17, 15) is 5.26 Å². The molecule has 17 heavy (non-hydrogen) atoms. The molecule has 2 heterocycles. The molecule has 0 N–H and O–H groups in total. The van der Waals surface area contributed by atoms with E-state index in [0.717, 1.165) is 30.1 Å². The summed E-state index contributed by atoms with van der Waals surface area (Å²) < 4.78 is 6.89. The molecule has 0 spiro atoms. The minimum atomic E-state index is 0.689. The van der Waals surface area contributed by atoms with E-state index in [1.807, 2.05) is 24.3 Å². The van der Waals surface area contributed by atoms with Gasteiger partial charge in [0.05, 0.1) is 24.2 Å². The zero-order valence-electron chi connectivity index (χ0n) is 9.33. The average molecular weight is 228 g/mol. The molecule has 1 saturated heterocycles. The Bertz CT molecular complexity index is 578. The zero-order valence-corrected chi connectivity index (χ0v) is 9.33. The first-order chi connectivity index (χ1) is 8.40. The fraction of sp³-hybridized carbons (Fsp3) is 0.333. The summed E-state index contributed by atoms with van der Waals surface area (Å²) >= 11 is 0. The topological polar surface area (TPSA) is 54.1 Å². The lowest BCUT2D eigenvalue weighted by atomic mass is 10.3. The largest absolute Gasteiger partial charge is 0.378 e.